The average molecular weight is 302 g/mol. The van der Waals surface area contributed by atoms with Crippen LogP contribution in [0.25, 0.3) is 21.7 Å². The van der Waals surface area contributed by atoms with Crippen molar-refractivity contribution in [1.82, 2.24) is 5.16 Å². The molecule has 21 heavy (non-hydrogen) atoms. The van der Waals surface area contributed by atoms with Gasteiger partial charge in [-0.2, -0.15) is 0 Å². The fourth-order valence-electron chi connectivity index (χ4n) is 2.13. The zero-order chi connectivity index (χ0) is 14.8. The lowest BCUT2D eigenvalue weighted by molar-refractivity contribution is 0.415. The van der Waals surface area contributed by atoms with E-state index in [4.69, 9.17) is 19.7 Å². The van der Waals surface area contributed by atoms with Crippen LogP contribution in [0, 0.1) is 0 Å². The molecule has 0 radical (unpaired) electrons. The highest BCUT2D eigenvalue weighted by atomic mass is 32.1. The molecule has 0 fully saturated rings. The van der Waals surface area contributed by atoms with Gasteiger partial charge < -0.3 is 19.7 Å². The lowest BCUT2D eigenvalue weighted by Crippen LogP contribution is -1.89. The van der Waals surface area contributed by atoms with E-state index in [0.717, 1.165) is 27.5 Å². The van der Waals surface area contributed by atoms with Gasteiger partial charge in [-0.3, -0.25) is 0 Å². The van der Waals surface area contributed by atoms with E-state index in [1.165, 1.54) is 11.3 Å². The Morgan fingerprint density at radius 3 is 2.52 bits per heavy atom. The van der Waals surface area contributed by atoms with Crippen molar-refractivity contribution in [2.75, 3.05) is 20.0 Å². The predicted octanol–water partition coefficient (Wildman–Crippen LogP) is 3.67. The summed E-state index contributed by atoms with van der Waals surface area (Å²) in [6.07, 6.45) is 0. The van der Waals surface area contributed by atoms with E-state index >= 15 is 0 Å². The molecule has 0 spiro atoms. The van der Waals surface area contributed by atoms with Crippen molar-refractivity contribution < 1.29 is 14.0 Å². The molecule has 0 atom stereocenters. The number of nitrogen functional groups attached to an aromatic ring is 1. The summed E-state index contributed by atoms with van der Waals surface area (Å²) in [7, 11) is 3.26. The van der Waals surface area contributed by atoms with Gasteiger partial charge >= 0.3 is 0 Å². The third kappa shape index (κ3) is 2.34. The van der Waals surface area contributed by atoms with Crippen LogP contribution in [0.15, 0.2) is 40.2 Å². The Kier molecular flexibility index (Phi) is 3.53. The molecule has 108 valence electrons. The summed E-state index contributed by atoms with van der Waals surface area (Å²) in [5, 5.41) is 6.03. The molecule has 0 unspecified atom stereocenters. The number of nitrogens with zero attached hydrogens (tertiary/aromatic N) is 1. The van der Waals surface area contributed by atoms with Gasteiger partial charge in [0.1, 0.15) is 17.2 Å². The van der Waals surface area contributed by atoms with Crippen LogP contribution in [0.2, 0.25) is 0 Å². The van der Waals surface area contributed by atoms with Gasteiger partial charge in [-0.1, -0.05) is 17.3 Å². The summed E-state index contributed by atoms with van der Waals surface area (Å²) in [4.78, 5) is 0.892. The van der Waals surface area contributed by atoms with Crippen LogP contribution in [-0.4, -0.2) is 19.4 Å². The summed E-state index contributed by atoms with van der Waals surface area (Å²) in [6, 6.07) is 9.48. The van der Waals surface area contributed by atoms with Crippen LogP contribution in [0.4, 0.5) is 5.88 Å². The Labute approximate surface area is 125 Å². The molecule has 0 aliphatic carbocycles. The molecular weight excluding hydrogens is 288 g/mol. The molecule has 5 nitrogen and oxygen atoms in total. The molecule has 0 aliphatic rings. The van der Waals surface area contributed by atoms with E-state index in [1.807, 2.05) is 35.7 Å². The highest BCUT2D eigenvalue weighted by Crippen LogP contribution is 2.42. The molecule has 2 aromatic heterocycles. The van der Waals surface area contributed by atoms with E-state index < -0.39 is 0 Å². The molecule has 6 heteroatoms. The highest BCUT2D eigenvalue weighted by Gasteiger charge is 2.21. The summed E-state index contributed by atoms with van der Waals surface area (Å²) in [5.74, 6) is 1.82. The molecule has 0 saturated heterocycles. The number of hydrogen-bond acceptors (Lipinski definition) is 6. The number of rotatable bonds is 4. The largest absolute Gasteiger partial charge is 0.497 e. The molecule has 0 aliphatic heterocycles. The van der Waals surface area contributed by atoms with E-state index in [2.05, 4.69) is 5.16 Å². The standard InChI is InChI=1S/C15H14N2O3S/c1-18-10-5-3-9(4-6-10)12-13(17-20-15(12)16)14-11(19-2)7-8-21-14/h3-8H,16H2,1-2H3. The Hall–Kier alpha value is -2.47. The molecule has 2 heterocycles. The Balaban J connectivity index is 2.12. The van der Waals surface area contributed by atoms with Crippen LogP contribution in [0.1, 0.15) is 0 Å². The van der Waals surface area contributed by atoms with Crippen LogP contribution in [0.3, 0.4) is 0 Å². The number of hydrogen-bond donors (Lipinski definition) is 1. The summed E-state index contributed by atoms with van der Waals surface area (Å²) in [5.41, 5.74) is 8.31. The van der Waals surface area contributed by atoms with E-state index in [0.29, 0.717) is 5.69 Å². The quantitative estimate of drug-likeness (QED) is 0.796. The Bertz CT molecular complexity index is 747. The SMILES string of the molecule is COc1ccc(-c2c(-c3sccc3OC)noc2N)cc1. The van der Waals surface area contributed by atoms with E-state index in [9.17, 15) is 0 Å². The van der Waals surface area contributed by atoms with E-state index in [1.54, 1.807) is 14.2 Å². The second-order valence-electron chi connectivity index (χ2n) is 4.32. The second kappa shape index (κ2) is 5.49. The van der Waals surface area contributed by atoms with Gasteiger partial charge in [0.05, 0.1) is 24.7 Å². The summed E-state index contributed by atoms with van der Waals surface area (Å²) >= 11 is 1.53. The van der Waals surface area contributed by atoms with Crippen molar-refractivity contribution in [3.63, 3.8) is 0 Å². The lowest BCUT2D eigenvalue weighted by Gasteiger charge is -2.05. The number of aromatic nitrogens is 1. The maximum Gasteiger partial charge on any atom is 0.230 e. The monoisotopic (exact) mass is 302 g/mol. The third-order valence-corrected chi connectivity index (χ3v) is 4.06. The molecular formula is C15H14N2O3S. The van der Waals surface area contributed by atoms with Gasteiger partial charge in [0.2, 0.25) is 5.88 Å². The normalized spacial score (nSPS) is 10.6. The van der Waals surface area contributed by atoms with Crippen LogP contribution in [0.5, 0.6) is 11.5 Å². The minimum Gasteiger partial charge on any atom is -0.497 e. The molecule has 3 rings (SSSR count). The first-order valence-corrected chi connectivity index (χ1v) is 7.14. The fraction of sp³-hybridized carbons (Fsp3) is 0.133. The smallest absolute Gasteiger partial charge is 0.230 e. The number of methoxy groups -OCH3 is 2. The van der Waals surface area contributed by atoms with Gasteiger partial charge in [0.15, 0.2) is 0 Å². The fourth-order valence-corrected chi connectivity index (χ4v) is 2.97. The van der Waals surface area contributed by atoms with Crippen molar-refractivity contribution in [3.05, 3.63) is 35.7 Å². The van der Waals surface area contributed by atoms with Crippen LogP contribution < -0.4 is 15.2 Å². The first-order chi connectivity index (χ1) is 10.2. The van der Waals surface area contributed by atoms with Gasteiger partial charge in [-0.15, -0.1) is 11.3 Å². The Morgan fingerprint density at radius 2 is 1.86 bits per heavy atom. The molecule has 0 saturated carbocycles. The Morgan fingerprint density at radius 1 is 1.10 bits per heavy atom. The average Bonchev–Trinajstić information content (AvgIpc) is 3.13. The molecule has 1 aromatic carbocycles. The highest BCUT2D eigenvalue weighted by molar-refractivity contribution is 7.14. The minimum absolute atomic E-state index is 0.283. The summed E-state index contributed by atoms with van der Waals surface area (Å²) < 4.78 is 15.7. The molecule has 2 N–H and O–H groups in total. The lowest BCUT2D eigenvalue weighted by atomic mass is 10.0. The third-order valence-electron chi connectivity index (χ3n) is 3.16. The van der Waals surface area contributed by atoms with Crippen molar-refractivity contribution >= 4 is 17.2 Å². The van der Waals surface area contributed by atoms with Crippen LogP contribution >= 0.6 is 11.3 Å². The topological polar surface area (TPSA) is 70.5 Å². The first-order valence-electron chi connectivity index (χ1n) is 6.26. The number of anilines is 1. The van der Waals surface area contributed by atoms with E-state index in [-0.39, 0.29) is 5.88 Å². The molecule has 0 bridgehead atoms. The molecule has 0 amide bonds. The number of nitrogens with two attached hydrogens (primary N) is 1. The number of ether oxygens (including phenoxy) is 2. The van der Waals surface area contributed by atoms with Crippen molar-refractivity contribution in [3.8, 4) is 33.2 Å². The minimum atomic E-state index is 0.283. The van der Waals surface area contributed by atoms with Crippen molar-refractivity contribution in [2.24, 2.45) is 0 Å². The summed E-state index contributed by atoms with van der Waals surface area (Å²) in [6.45, 7) is 0. The maximum atomic E-state index is 5.94. The second-order valence-corrected chi connectivity index (χ2v) is 5.23. The van der Waals surface area contributed by atoms with Gasteiger partial charge in [-0.25, -0.2) is 0 Å². The first kappa shape index (κ1) is 13.5. The van der Waals surface area contributed by atoms with Crippen molar-refractivity contribution in [1.29, 1.82) is 0 Å². The van der Waals surface area contributed by atoms with Gasteiger partial charge in [0, 0.05) is 0 Å². The zero-order valence-corrected chi connectivity index (χ0v) is 12.4. The van der Waals surface area contributed by atoms with Crippen LogP contribution in [-0.2, 0) is 0 Å². The maximum absolute atomic E-state index is 5.94. The number of benzene rings is 1. The van der Waals surface area contributed by atoms with Gasteiger partial charge in [-0.05, 0) is 29.1 Å². The zero-order valence-electron chi connectivity index (χ0n) is 11.6. The van der Waals surface area contributed by atoms with Crippen molar-refractivity contribution in [2.45, 2.75) is 0 Å². The van der Waals surface area contributed by atoms with Gasteiger partial charge in [0.25, 0.3) is 0 Å². The predicted molar refractivity (Wildman–Crippen MR) is 82.8 cm³/mol. The number of thiophene rings is 1. The molecule has 3 aromatic rings.